The van der Waals surface area contributed by atoms with E-state index in [0.29, 0.717) is 0 Å². The van der Waals surface area contributed by atoms with Crippen LogP contribution in [-0.2, 0) is 0 Å². The second-order valence-electron chi connectivity index (χ2n) is 5.74. The Kier molecular flexibility index (Phi) is 4.83. The van der Waals surface area contributed by atoms with Crippen LogP contribution in [0.1, 0.15) is 16.7 Å². The van der Waals surface area contributed by atoms with Crippen molar-refractivity contribution in [2.75, 3.05) is 51.2 Å². The molecule has 3 nitrogen and oxygen atoms in total. The van der Waals surface area contributed by atoms with E-state index in [2.05, 4.69) is 55.1 Å². The first-order valence-corrected chi connectivity index (χ1v) is 7.30. The van der Waals surface area contributed by atoms with Crippen molar-refractivity contribution in [1.29, 1.82) is 0 Å². The second-order valence-corrected chi connectivity index (χ2v) is 5.74. The molecule has 3 heteroatoms. The Hall–Kier alpha value is -1.06. The highest BCUT2D eigenvalue weighted by Gasteiger charge is 2.11. The molecule has 0 saturated carbocycles. The summed E-state index contributed by atoms with van der Waals surface area (Å²) in [7, 11) is 2.21. The second kappa shape index (κ2) is 6.40. The van der Waals surface area contributed by atoms with Gasteiger partial charge in [-0.25, -0.2) is 0 Å². The van der Waals surface area contributed by atoms with Crippen molar-refractivity contribution < 1.29 is 0 Å². The van der Waals surface area contributed by atoms with Crippen LogP contribution in [0.5, 0.6) is 0 Å². The number of aryl methyl sites for hydroxylation is 3. The van der Waals surface area contributed by atoms with Gasteiger partial charge in [0.25, 0.3) is 0 Å². The fourth-order valence-corrected chi connectivity index (χ4v) is 2.70. The van der Waals surface area contributed by atoms with Gasteiger partial charge in [-0.15, -0.1) is 0 Å². The molecule has 1 fully saturated rings. The number of nitrogens with one attached hydrogen (secondary N) is 1. The van der Waals surface area contributed by atoms with Crippen LogP contribution in [0.4, 0.5) is 5.69 Å². The Balaban J connectivity index is 1.95. The first-order chi connectivity index (χ1) is 9.08. The molecule has 0 spiro atoms. The van der Waals surface area contributed by atoms with Crippen LogP contribution in [0, 0.1) is 20.8 Å². The lowest BCUT2D eigenvalue weighted by Crippen LogP contribution is -2.46. The molecule has 1 heterocycles. The fraction of sp³-hybridized carbons (Fsp3) is 0.625. The standard InChI is InChI=1S/C16H27N3/c1-13-11-15(3)16(12-14(13)2)18(4)9-10-19-7-5-17-6-8-19/h11-12,17H,5-10H2,1-4H3. The van der Waals surface area contributed by atoms with E-state index < -0.39 is 0 Å². The van der Waals surface area contributed by atoms with Gasteiger partial charge in [-0.3, -0.25) is 4.90 Å². The number of likely N-dealkylation sites (N-methyl/N-ethyl adjacent to an activating group) is 1. The summed E-state index contributed by atoms with van der Waals surface area (Å²) in [6, 6.07) is 4.62. The molecule has 0 radical (unpaired) electrons. The lowest BCUT2D eigenvalue weighted by Gasteiger charge is -2.30. The van der Waals surface area contributed by atoms with Crippen molar-refractivity contribution >= 4 is 5.69 Å². The summed E-state index contributed by atoms with van der Waals surface area (Å²) in [6.45, 7) is 13.5. The smallest absolute Gasteiger partial charge is 0.0396 e. The SMILES string of the molecule is Cc1cc(C)c(N(C)CCN2CCNCC2)cc1C. The minimum atomic E-state index is 1.10. The summed E-state index contributed by atoms with van der Waals surface area (Å²) >= 11 is 0. The average Bonchev–Trinajstić information content (AvgIpc) is 2.41. The minimum absolute atomic E-state index is 1.10. The molecule has 0 unspecified atom stereocenters. The van der Waals surface area contributed by atoms with Crippen LogP contribution >= 0.6 is 0 Å². The zero-order chi connectivity index (χ0) is 13.8. The molecule has 106 valence electrons. The summed E-state index contributed by atoms with van der Waals surface area (Å²) in [5, 5.41) is 3.40. The van der Waals surface area contributed by atoms with Gasteiger partial charge in [-0.2, -0.15) is 0 Å². The molecule has 0 amide bonds. The number of piperazine rings is 1. The Morgan fingerprint density at radius 2 is 1.68 bits per heavy atom. The Morgan fingerprint density at radius 1 is 1.05 bits per heavy atom. The number of nitrogens with zero attached hydrogens (tertiary/aromatic N) is 2. The Bertz CT molecular complexity index is 422. The summed E-state index contributed by atoms with van der Waals surface area (Å²) < 4.78 is 0. The van der Waals surface area contributed by atoms with E-state index in [0.717, 1.165) is 26.2 Å². The molecule has 1 saturated heterocycles. The Morgan fingerprint density at radius 3 is 2.37 bits per heavy atom. The summed E-state index contributed by atoms with van der Waals surface area (Å²) in [6.07, 6.45) is 0. The third-order valence-corrected chi connectivity index (χ3v) is 4.18. The van der Waals surface area contributed by atoms with Crippen molar-refractivity contribution in [2.24, 2.45) is 0 Å². The zero-order valence-corrected chi connectivity index (χ0v) is 12.8. The van der Waals surface area contributed by atoms with Crippen molar-refractivity contribution in [3.05, 3.63) is 28.8 Å². The van der Waals surface area contributed by atoms with Gasteiger partial charge in [0.1, 0.15) is 0 Å². The van der Waals surface area contributed by atoms with Crippen LogP contribution in [0.2, 0.25) is 0 Å². The maximum absolute atomic E-state index is 3.40. The van der Waals surface area contributed by atoms with E-state index in [1.165, 1.54) is 35.5 Å². The van der Waals surface area contributed by atoms with Gasteiger partial charge in [0, 0.05) is 52.0 Å². The lowest BCUT2D eigenvalue weighted by molar-refractivity contribution is 0.246. The highest BCUT2D eigenvalue weighted by Crippen LogP contribution is 2.23. The maximum atomic E-state index is 3.40. The molecule has 1 aromatic rings. The molecule has 1 aliphatic heterocycles. The van der Waals surface area contributed by atoms with Gasteiger partial charge in [0.2, 0.25) is 0 Å². The van der Waals surface area contributed by atoms with Crippen molar-refractivity contribution in [1.82, 2.24) is 10.2 Å². The van der Waals surface area contributed by atoms with Crippen LogP contribution in [0.3, 0.4) is 0 Å². The monoisotopic (exact) mass is 261 g/mol. The van der Waals surface area contributed by atoms with Crippen molar-refractivity contribution in [3.8, 4) is 0 Å². The van der Waals surface area contributed by atoms with E-state index in [4.69, 9.17) is 0 Å². The first-order valence-electron chi connectivity index (χ1n) is 7.30. The highest BCUT2D eigenvalue weighted by molar-refractivity contribution is 5.56. The largest absolute Gasteiger partial charge is 0.373 e. The van der Waals surface area contributed by atoms with Gasteiger partial charge in [-0.1, -0.05) is 6.07 Å². The topological polar surface area (TPSA) is 18.5 Å². The average molecular weight is 261 g/mol. The molecule has 2 rings (SSSR count). The molecular formula is C16H27N3. The first kappa shape index (κ1) is 14.4. The van der Waals surface area contributed by atoms with Gasteiger partial charge in [0.05, 0.1) is 0 Å². The fourth-order valence-electron chi connectivity index (χ4n) is 2.70. The summed E-state index contributed by atoms with van der Waals surface area (Å²) in [5.74, 6) is 0. The van der Waals surface area contributed by atoms with E-state index in [9.17, 15) is 0 Å². The zero-order valence-electron chi connectivity index (χ0n) is 12.8. The molecule has 0 aromatic heterocycles. The van der Waals surface area contributed by atoms with Gasteiger partial charge < -0.3 is 10.2 Å². The summed E-state index contributed by atoms with van der Waals surface area (Å²) in [5.41, 5.74) is 5.52. The third-order valence-electron chi connectivity index (χ3n) is 4.18. The molecule has 0 bridgehead atoms. The van der Waals surface area contributed by atoms with E-state index in [1.54, 1.807) is 0 Å². The third kappa shape index (κ3) is 3.71. The molecule has 1 N–H and O–H groups in total. The molecule has 1 aromatic carbocycles. The summed E-state index contributed by atoms with van der Waals surface area (Å²) in [4.78, 5) is 4.94. The van der Waals surface area contributed by atoms with Gasteiger partial charge in [-0.05, 0) is 43.5 Å². The molecular weight excluding hydrogens is 234 g/mol. The van der Waals surface area contributed by atoms with Crippen molar-refractivity contribution in [2.45, 2.75) is 20.8 Å². The number of anilines is 1. The minimum Gasteiger partial charge on any atom is -0.373 e. The van der Waals surface area contributed by atoms with E-state index >= 15 is 0 Å². The van der Waals surface area contributed by atoms with E-state index in [1.807, 2.05) is 0 Å². The molecule has 0 aliphatic carbocycles. The van der Waals surface area contributed by atoms with Crippen LogP contribution < -0.4 is 10.2 Å². The normalized spacial score (nSPS) is 16.6. The Labute approximate surface area is 117 Å². The number of hydrogen-bond donors (Lipinski definition) is 1. The van der Waals surface area contributed by atoms with E-state index in [-0.39, 0.29) is 0 Å². The lowest BCUT2D eigenvalue weighted by atomic mass is 10.0. The number of rotatable bonds is 4. The van der Waals surface area contributed by atoms with Crippen LogP contribution in [0.15, 0.2) is 12.1 Å². The predicted molar refractivity (Wildman–Crippen MR) is 83.2 cm³/mol. The molecule has 1 aliphatic rings. The quantitative estimate of drug-likeness (QED) is 0.894. The van der Waals surface area contributed by atoms with Crippen molar-refractivity contribution in [3.63, 3.8) is 0 Å². The molecule has 0 atom stereocenters. The predicted octanol–water partition coefficient (Wildman–Crippen LogP) is 1.95. The molecule has 19 heavy (non-hydrogen) atoms. The van der Waals surface area contributed by atoms with Crippen LogP contribution in [0.25, 0.3) is 0 Å². The maximum Gasteiger partial charge on any atom is 0.0396 e. The van der Waals surface area contributed by atoms with Gasteiger partial charge >= 0.3 is 0 Å². The number of hydrogen-bond acceptors (Lipinski definition) is 3. The van der Waals surface area contributed by atoms with Gasteiger partial charge in [0.15, 0.2) is 0 Å². The number of benzene rings is 1. The highest BCUT2D eigenvalue weighted by atomic mass is 15.2. The van der Waals surface area contributed by atoms with Crippen LogP contribution in [-0.4, -0.2) is 51.2 Å².